The molecule has 2 unspecified atom stereocenters. The van der Waals surface area contributed by atoms with Crippen molar-refractivity contribution in [2.45, 2.75) is 32.6 Å². The van der Waals surface area contributed by atoms with Gasteiger partial charge >= 0.3 is 0 Å². The lowest BCUT2D eigenvalue weighted by Crippen LogP contribution is -2.04. The summed E-state index contributed by atoms with van der Waals surface area (Å²) in [6.07, 6.45) is 1.93. The quantitative estimate of drug-likeness (QED) is 0.726. The first kappa shape index (κ1) is 14.8. The monoisotopic (exact) mass is 294 g/mol. The molecular weight excluding hydrogens is 272 g/mol. The highest BCUT2D eigenvalue weighted by atomic mass is 16.5. The van der Waals surface area contributed by atoms with Gasteiger partial charge in [-0.1, -0.05) is 49.4 Å². The fourth-order valence-electron chi connectivity index (χ4n) is 3.02. The molecule has 1 fully saturated rings. The predicted molar refractivity (Wildman–Crippen MR) is 88.6 cm³/mol. The third-order valence-electron chi connectivity index (χ3n) is 4.39. The lowest BCUT2D eigenvalue weighted by molar-refractivity contribution is 0.0965. The van der Waals surface area contributed by atoms with Crippen LogP contribution in [0.25, 0.3) is 0 Å². The first-order chi connectivity index (χ1) is 10.7. The molecule has 0 aliphatic heterocycles. The molecule has 0 amide bonds. The lowest BCUT2D eigenvalue weighted by atomic mass is 10.0. The number of carbonyl (C=O) groups is 1. The topological polar surface area (TPSA) is 26.3 Å². The number of rotatable bonds is 6. The fraction of sp³-hybridized carbons (Fsp3) is 0.350. The molecule has 0 bridgehead atoms. The van der Waals surface area contributed by atoms with Gasteiger partial charge in [0.05, 0.1) is 6.61 Å². The average molecular weight is 294 g/mol. The van der Waals surface area contributed by atoms with E-state index in [0.29, 0.717) is 12.5 Å². The van der Waals surface area contributed by atoms with E-state index in [0.717, 1.165) is 24.2 Å². The Hall–Kier alpha value is -2.09. The van der Waals surface area contributed by atoms with Gasteiger partial charge in [-0.2, -0.15) is 0 Å². The van der Waals surface area contributed by atoms with E-state index in [1.807, 2.05) is 37.3 Å². The summed E-state index contributed by atoms with van der Waals surface area (Å²) >= 11 is 0. The molecule has 0 aromatic heterocycles. The number of carbonyl (C=O) groups excluding carboxylic acids is 1. The predicted octanol–water partition coefficient (Wildman–Crippen LogP) is 4.63. The van der Waals surface area contributed by atoms with Crippen LogP contribution >= 0.6 is 0 Å². The van der Waals surface area contributed by atoms with Crippen LogP contribution < -0.4 is 4.74 Å². The first-order valence-corrected chi connectivity index (χ1v) is 8.09. The number of Topliss-reactive ketones (excluding diaryl/α,β-unsaturated/α-hetero) is 1. The van der Waals surface area contributed by atoms with Gasteiger partial charge in [0.2, 0.25) is 0 Å². The Morgan fingerprint density at radius 3 is 2.50 bits per heavy atom. The van der Waals surface area contributed by atoms with Crippen LogP contribution in [0.1, 0.15) is 47.7 Å². The summed E-state index contributed by atoms with van der Waals surface area (Å²) in [6, 6.07) is 16.1. The SMILES string of the molecule is CCOc1ccccc1C1CC1C(=O)c1ccc(CC)cc1. The third-order valence-corrected chi connectivity index (χ3v) is 4.39. The van der Waals surface area contributed by atoms with Crippen LogP contribution in [-0.4, -0.2) is 12.4 Å². The summed E-state index contributed by atoms with van der Waals surface area (Å²) in [4.78, 5) is 12.6. The van der Waals surface area contributed by atoms with E-state index in [-0.39, 0.29) is 11.7 Å². The molecule has 2 heteroatoms. The van der Waals surface area contributed by atoms with Crippen molar-refractivity contribution in [2.24, 2.45) is 5.92 Å². The Morgan fingerprint density at radius 1 is 1.09 bits per heavy atom. The van der Waals surface area contributed by atoms with Gasteiger partial charge in [-0.15, -0.1) is 0 Å². The molecule has 1 aliphatic rings. The number of hydrogen-bond donors (Lipinski definition) is 0. The molecule has 0 saturated heterocycles. The molecule has 0 spiro atoms. The zero-order valence-electron chi connectivity index (χ0n) is 13.2. The Morgan fingerprint density at radius 2 is 1.82 bits per heavy atom. The van der Waals surface area contributed by atoms with E-state index in [2.05, 4.69) is 25.1 Å². The maximum Gasteiger partial charge on any atom is 0.166 e. The molecule has 1 saturated carbocycles. The molecule has 2 nitrogen and oxygen atoms in total. The van der Waals surface area contributed by atoms with E-state index in [1.165, 1.54) is 11.1 Å². The van der Waals surface area contributed by atoms with Gasteiger partial charge in [-0.05, 0) is 42.9 Å². The van der Waals surface area contributed by atoms with E-state index in [9.17, 15) is 4.79 Å². The third kappa shape index (κ3) is 2.92. The fourth-order valence-corrected chi connectivity index (χ4v) is 3.02. The van der Waals surface area contributed by atoms with Crippen molar-refractivity contribution in [2.75, 3.05) is 6.61 Å². The van der Waals surface area contributed by atoms with Gasteiger partial charge in [0.25, 0.3) is 0 Å². The van der Waals surface area contributed by atoms with Crippen molar-refractivity contribution >= 4 is 5.78 Å². The van der Waals surface area contributed by atoms with Crippen LogP contribution in [0.4, 0.5) is 0 Å². The summed E-state index contributed by atoms with van der Waals surface area (Å²) in [6.45, 7) is 4.76. The van der Waals surface area contributed by atoms with Crippen LogP contribution in [0.3, 0.4) is 0 Å². The molecular formula is C20H22O2. The summed E-state index contributed by atoms with van der Waals surface area (Å²) in [5.74, 6) is 1.60. The molecule has 2 atom stereocenters. The smallest absolute Gasteiger partial charge is 0.166 e. The molecule has 2 aromatic carbocycles. The lowest BCUT2D eigenvalue weighted by Gasteiger charge is -2.09. The maximum atomic E-state index is 12.6. The molecule has 0 radical (unpaired) electrons. The number of aryl methyl sites for hydroxylation is 1. The zero-order chi connectivity index (χ0) is 15.5. The van der Waals surface area contributed by atoms with Crippen LogP contribution in [0.15, 0.2) is 48.5 Å². The van der Waals surface area contributed by atoms with Gasteiger partial charge in [-0.25, -0.2) is 0 Å². The number of benzene rings is 2. The van der Waals surface area contributed by atoms with E-state index >= 15 is 0 Å². The Kier molecular flexibility index (Phi) is 4.28. The second kappa shape index (κ2) is 6.35. The molecule has 2 aromatic rings. The Bertz CT molecular complexity index is 658. The highest BCUT2D eigenvalue weighted by Crippen LogP contribution is 2.51. The summed E-state index contributed by atoms with van der Waals surface area (Å²) in [5, 5.41) is 0. The van der Waals surface area contributed by atoms with E-state index < -0.39 is 0 Å². The number of ether oxygens (including phenoxy) is 1. The average Bonchev–Trinajstić information content (AvgIpc) is 3.35. The van der Waals surface area contributed by atoms with Crippen molar-refractivity contribution in [3.63, 3.8) is 0 Å². The normalized spacial score (nSPS) is 19.7. The standard InChI is InChI=1S/C20H22O2/c1-3-14-9-11-15(12-10-14)20(21)18-13-17(18)16-7-5-6-8-19(16)22-4-2/h5-12,17-18H,3-4,13H2,1-2H3. The number of para-hydroxylation sites is 1. The minimum atomic E-state index is 0.106. The van der Waals surface area contributed by atoms with Gasteiger partial charge < -0.3 is 4.74 Å². The van der Waals surface area contributed by atoms with Crippen molar-refractivity contribution in [3.8, 4) is 5.75 Å². The second-order valence-electron chi connectivity index (χ2n) is 5.83. The summed E-state index contributed by atoms with van der Waals surface area (Å²) in [5.41, 5.74) is 3.28. The van der Waals surface area contributed by atoms with E-state index in [1.54, 1.807) is 0 Å². The molecule has 0 heterocycles. The molecule has 3 rings (SSSR count). The maximum absolute atomic E-state index is 12.6. The summed E-state index contributed by atoms with van der Waals surface area (Å²) < 4.78 is 5.69. The van der Waals surface area contributed by atoms with Crippen molar-refractivity contribution < 1.29 is 9.53 Å². The minimum absolute atomic E-state index is 0.106. The first-order valence-electron chi connectivity index (χ1n) is 8.09. The number of hydrogen-bond acceptors (Lipinski definition) is 2. The van der Waals surface area contributed by atoms with Crippen LogP contribution in [0.2, 0.25) is 0 Å². The molecule has 1 aliphatic carbocycles. The minimum Gasteiger partial charge on any atom is -0.494 e. The molecule has 114 valence electrons. The molecule has 0 N–H and O–H groups in total. The van der Waals surface area contributed by atoms with Crippen LogP contribution in [-0.2, 0) is 6.42 Å². The van der Waals surface area contributed by atoms with Gasteiger partial charge in [0.1, 0.15) is 5.75 Å². The Labute approximate surface area is 132 Å². The second-order valence-corrected chi connectivity index (χ2v) is 5.83. The highest BCUT2D eigenvalue weighted by molar-refractivity contribution is 6.00. The summed E-state index contributed by atoms with van der Waals surface area (Å²) in [7, 11) is 0. The van der Waals surface area contributed by atoms with E-state index in [4.69, 9.17) is 4.74 Å². The van der Waals surface area contributed by atoms with Gasteiger partial charge in [-0.3, -0.25) is 4.79 Å². The van der Waals surface area contributed by atoms with Crippen LogP contribution in [0, 0.1) is 5.92 Å². The van der Waals surface area contributed by atoms with Crippen molar-refractivity contribution in [1.82, 2.24) is 0 Å². The van der Waals surface area contributed by atoms with Crippen molar-refractivity contribution in [1.29, 1.82) is 0 Å². The van der Waals surface area contributed by atoms with Gasteiger partial charge in [0, 0.05) is 11.5 Å². The largest absolute Gasteiger partial charge is 0.494 e. The van der Waals surface area contributed by atoms with Gasteiger partial charge in [0.15, 0.2) is 5.78 Å². The number of ketones is 1. The van der Waals surface area contributed by atoms with Crippen LogP contribution in [0.5, 0.6) is 5.75 Å². The molecule has 22 heavy (non-hydrogen) atoms. The highest BCUT2D eigenvalue weighted by Gasteiger charge is 2.45. The van der Waals surface area contributed by atoms with Crippen molar-refractivity contribution in [3.05, 3.63) is 65.2 Å². The Balaban J connectivity index is 1.75. The zero-order valence-corrected chi connectivity index (χ0v) is 13.2.